The summed E-state index contributed by atoms with van der Waals surface area (Å²) in [4.78, 5) is 20.8. The lowest BCUT2D eigenvalue weighted by atomic mass is 9.98. The van der Waals surface area contributed by atoms with E-state index in [0.29, 0.717) is 6.54 Å². The summed E-state index contributed by atoms with van der Waals surface area (Å²) < 4.78 is 0. The minimum atomic E-state index is -0.712. The summed E-state index contributed by atoms with van der Waals surface area (Å²) in [5.74, 6) is -0.976. The van der Waals surface area contributed by atoms with Crippen LogP contribution in [0.1, 0.15) is 12.8 Å². The molecule has 15 heavy (non-hydrogen) atoms. The van der Waals surface area contributed by atoms with Gasteiger partial charge in [0.1, 0.15) is 6.33 Å². The lowest BCUT2D eigenvalue weighted by Crippen LogP contribution is -2.38. The van der Waals surface area contributed by atoms with Crippen LogP contribution in [0, 0.1) is 5.92 Å². The zero-order valence-corrected chi connectivity index (χ0v) is 8.33. The van der Waals surface area contributed by atoms with Crippen LogP contribution in [0.15, 0.2) is 18.7 Å². The van der Waals surface area contributed by atoms with Crippen molar-refractivity contribution in [2.45, 2.75) is 12.8 Å². The Morgan fingerprint density at radius 3 is 2.87 bits per heavy atom. The number of rotatable bonds is 2. The first kappa shape index (κ1) is 9.89. The first-order valence-corrected chi connectivity index (χ1v) is 5.00. The smallest absolute Gasteiger partial charge is 0.308 e. The van der Waals surface area contributed by atoms with Crippen LogP contribution in [0.5, 0.6) is 0 Å². The van der Waals surface area contributed by atoms with E-state index in [-0.39, 0.29) is 5.92 Å². The molecule has 1 fully saturated rings. The zero-order valence-electron chi connectivity index (χ0n) is 8.33. The van der Waals surface area contributed by atoms with Gasteiger partial charge in [-0.05, 0) is 12.8 Å². The van der Waals surface area contributed by atoms with Crippen molar-refractivity contribution >= 4 is 11.7 Å². The number of nitrogens with zero attached hydrogens (tertiary/aromatic N) is 3. The number of anilines is 1. The largest absolute Gasteiger partial charge is 0.481 e. The summed E-state index contributed by atoms with van der Waals surface area (Å²) in [5.41, 5.74) is 0.906. The van der Waals surface area contributed by atoms with E-state index in [1.165, 1.54) is 6.33 Å². The van der Waals surface area contributed by atoms with Crippen molar-refractivity contribution in [2.75, 3.05) is 18.0 Å². The highest BCUT2D eigenvalue weighted by Gasteiger charge is 2.25. The third-order valence-electron chi connectivity index (χ3n) is 2.68. The van der Waals surface area contributed by atoms with Crippen LogP contribution in [0.4, 0.5) is 5.69 Å². The van der Waals surface area contributed by atoms with E-state index < -0.39 is 5.97 Å². The van der Waals surface area contributed by atoms with Gasteiger partial charge in [0.15, 0.2) is 0 Å². The number of hydrogen-bond donors (Lipinski definition) is 1. The van der Waals surface area contributed by atoms with Gasteiger partial charge in [-0.3, -0.25) is 4.79 Å². The summed E-state index contributed by atoms with van der Waals surface area (Å²) in [5, 5.41) is 8.95. The Labute approximate surface area is 87.8 Å². The van der Waals surface area contributed by atoms with Gasteiger partial charge in [-0.1, -0.05) is 0 Å². The topological polar surface area (TPSA) is 66.3 Å². The standard InChI is InChI=1S/C10H13N3O2/c14-10(15)8-2-1-3-13(6-8)9-4-11-7-12-5-9/h4-5,7-8H,1-3,6H2,(H,14,15). The highest BCUT2D eigenvalue weighted by molar-refractivity contribution is 5.71. The van der Waals surface area contributed by atoms with Crippen molar-refractivity contribution in [1.82, 2.24) is 9.97 Å². The van der Waals surface area contributed by atoms with Gasteiger partial charge in [0.2, 0.25) is 0 Å². The molecule has 1 atom stereocenters. The number of carboxylic acids is 1. The molecule has 0 spiro atoms. The van der Waals surface area contributed by atoms with Crippen LogP contribution in [0.3, 0.4) is 0 Å². The third-order valence-corrected chi connectivity index (χ3v) is 2.68. The first-order chi connectivity index (χ1) is 7.27. The van der Waals surface area contributed by atoms with Crippen LogP contribution in [-0.2, 0) is 4.79 Å². The highest BCUT2D eigenvalue weighted by Crippen LogP contribution is 2.21. The quantitative estimate of drug-likeness (QED) is 0.776. The van der Waals surface area contributed by atoms with Crippen molar-refractivity contribution in [3.63, 3.8) is 0 Å². The van der Waals surface area contributed by atoms with Crippen molar-refractivity contribution in [3.05, 3.63) is 18.7 Å². The second kappa shape index (κ2) is 4.25. The molecule has 1 saturated heterocycles. The van der Waals surface area contributed by atoms with Crippen molar-refractivity contribution < 1.29 is 9.90 Å². The summed E-state index contributed by atoms with van der Waals surface area (Å²) in [6.45, 7) is 1.44. The Hall–Kier alpha value is -1.65. The van der Waals surface area contributed by atoms with Gasteiger partial charge in [-0.2, -0.15) is 0 Å². The number of carbonyl (C=O) groups is 1. The Bertz CT molecular complexity index is 342. The molecule has 0 amide bonds. The second-order valence-electron chi connectivity index (χ2n) is 3.72. The van der Waals surface area contributed by atoms with E-state index in [1.54, 1.807) is 12.4 Å². The van der Waals surface area contributed by atoms with E-state index in [2.05, 4.69) is 9.97 Å². The van der Waals surface area contributed by atoms with Crippen molar-refractivity contribution in [1.29, 1.82) is 0 Å². The van der Waals surface area contributed by atoms with E-state index in [4.69, 9.17) is 5.11 Å². The molecule has 0 aromatic carbocycles. The minimum Gasteiger partial charge on any atom is -0.481 e. The fourth-order valence-electron chi connectivity index (χ4n) is 1.87. The monoisotopic (exact) mass is 207 g/mol. The van der Waals surface area contributed by atoms with Gasteiger partial charge in [-0.15, -0.1) is 0 Å². The average molecular weight is 207 g/mol. The summed E-state index contributed by atoms with van der Waals surface area (Å²) in [6, 6.07) is 0. The molecule has 1 N–H and O–H groups in total. The molecule has 1 aromatic heterocycles. The van der Waals surface area contributed by atoms with Gasteiger partial charge in [-0.25, -0.2) is 9.97 Å². The summed E-state index contributed by atoms with van der Waals surface area (Å²) >= 11 is 0. The van der Waals surface area contributed by atoms with Gasteiger partial charge in [0.05, 0.1) is 24.0 Å². The fourth-order valence-corrected chi connectivity index (χ4v) is 1.87. The third kappa shape index (κ3) is 2.23. The van der Waals surface area contributed by atoms with Gasteiger partial charge >= 0.3 is 5.97 Å². The maximum Gasteiger partial charge on any atom is 0.308 e. The second-order valence-corrected chi connectivity index (χ2v) is 3.72. The Kier molecular flexibility index (Phi) is 2.80. The van der Waals surface area contributed by atoms with E-state index in [0.717, 1.165) is 25.1 Å². The average Bonchev–Trinajstić information content (AvgIpc) is 2.30. The van der Waals surface area contributed by atoms with Gasteiger partial charge in [0, 0.05) is 13.1 Å². The zero-order chi connectivity index (χ0) is 10.7. The van der Waals surface area contributed by atoms with Gasteiger partial charge < -0.3 is 10.0 Å². The number of piperidine rings is 1. The summed E-state index contributed by atoms with van der Waals surface area (Å²) in [6.07, 6.45) is 6.59. The lowest BCUT2D eigenvalue weighted by Gasteiger charge is -2.31. The summed E-state index contributed by atoms with van der Waals surface area (Å²) in [7, 11) is 0. The molecule has 1 aromatic rings. The Balaban J connectivity index is 2.08. The van der Waals surface area contributed by atoms with Crippen molar-refractivity contribution in [2.24, 2.45) is 5.92 Å². The molecule has 2 heterocycles. The molecule has 0 saturated carbocycles. The maximum absolute atomic E-state index is 10.9. The van der Waals surface area contributed by atoms with Crippen LogP contribution >= 0.6 is 0 Å². The maximum atomic E-state index is 10.9. The number of aliphatic carboxylic acids is 1. The molecule has 1 aliphatic rings. The molecule has 5 nitrogen and oxygen atoms in total. The van der Waals surface area contributed by atoms with Crippen LogP contribution in [0.2, 0.25) is 0 Å². The molecule has 80 valence electrons. The van der Waals surface area contributed by atoms with Crippen LogP contribution in [-0.4, -0.2) is 34.1 Å². The SMILES string of the molecule is O=C(O)C1CCCN(c2cncnc2)C1. The predicted molar refractivity (Wildman–Crippen MR) is 54.6 cm³/mol. The Morgan fingerprint density at radius 1 is 1.47 bits per heavy atom. The minimum absolute atomic E-state index is 0.265. The molecule has 0 bridgehead atoms. The normalized spacial score (nSPS) is 21.3. The molecule has 0 aliphatic carbocycles. The molecule has 0 radical (unpaired) electrons. The van der Waals surface area contributed by atoms with Gasteiger partial charge in [0.25, 0.3) is 0 Å². The fraction of sp³-hybridized carbons (Fsp3) is 0.500. The molecule has 1 aliphatic heterocycles. The van der Waals surface area contributed by atoms with E-state index >= 15 is 0 Å². The molecule has 5 heteroatoms. The van der Waals surface area contributed by atoms with E-state index in [9.17, 15) is 4.79 Å². The lowest BCUT2D eigenvalue weighted by molar-refractivity contribution is -0.141. The highest BCUT2D eigenvalue weighted by atomic mass is 16.4. The molecular formula is C10H13N3O2. The first-order valence-electron chi connectivity index (χ1n) is 5.00. The molecule has 2 rings (SSSR count). The Morgan fingerprint density at radius 2 is 2.20 bits per heavy atom. The van der Waals surface area contributed by atoms with E-state index in [1.807, 2.05) is 4.90 Å². The molecule has 1 unspecified atom stereocenters. The van der Waals surface area contributed by atoms with Crippen LogP contribution in [0.25, 0.3) is 0 Å². The number of aromatic nitrogens is 2. The van der Waals surface area contributed by atoms with Crippen molar-refractivity contribution in [3.8, 4) is 0 Å². The molecular weight excluding hydrogens is 194 g/mol. The number of hydrogen-bond acceptors (Lipinski definition) is 4. The van der Waals surface area contributed by atoms with Crippen LogP contribution < -0.4 is 4.90 Å². The number of carboxylic acid groups (broad SMARTS) is 1. The predicted octanol–water partition coefficient (Wildman–Crippen LogP) is 0.778.